The third-order valence-electron chi connectivity index (χ3n) is 1.12. The van der Waals surface area contributed by atoms with E-state index >= 15 is 0 Å². The molecule has 0 saturated heterocycles. The highest BCUT2D eigenvalue weighted by Gasteiger charge is 2.00. The van der Waals surface area contributed by atoms with E-state index < -0.39 is 6.09 Å². The molecule has 0 aliphatic rings. The van der Waals surface area contributed by atoms with Gasteiger partial charge in [0.15, 0.2) is 0 Å². The molecule has 0 fully saturated rings. The number of ether oxygens (including phenoxy) is 1. The molecular formula is C7H6ClNO3. The molecule has 0 aromatic heterocycles. The Kier molecular flexibility index (Phi) is 2.90. The molecule has 0 saturated carbocycles. The summed E-state index contributed by atoms with van der Waals surface area (Å²) in [6, 6.07) is 6.16. The van der Waals surface area contributed by atoms with Crippen LogP contribution in [-0.4, -0.2) is 11.3 Å². The van der Waals surface area contributed by atoms with Crippen LogP contribution in [0.3, 0.4) is 0 Å². The summed E-state index contributed by atoms with van der Waals surface area (Å²) in [4.78, 5) is 10.4. The van der Waals surface area contributed by atoms with Gasteiger partial charge in [0.1, 0.15) is 5.75 Å². The maximum atomic E-state index is 10.4. The quantitative estimate of drug-likeness (QED) is 0.521. The number of benzene rings is 1. The van der Waals surface area contributed by atoms with Crippen LogP contribution in [0.5, 0.6) is 5.75 Å². The van der Waals surface area contributed by atoms with Crippen molar-refractivity contribution in [2.24, 2.45) is 0 Å². The summed E-state index contributed by atoms with van der Waals surface area (Å²) in [5.74, 6) is 0.311. The molecule has 1 amide bonds. The van der Waals surface area contributed by atoms with Crippen molar-refractivity contribution >= 4 is 17.7 Å². The molecule has 64 valence electrons. The third kappa shape index (κ3) is 2.41. The van der Waals surface area contributed by atoms with Gasteiger partial charge in [-0.05, 0) is 24.3 Å². The second kappa shape index (κ2) is 3.94. The van der Waals surface area contributed by atoms with E-state index in [4.69, 9.17) is 16.8 Å². The normalized spacial score (nSPS) is 9.17. The van der Waals surface area contributed by atoms with Crippen LogP contribution in [0.1, 0.15) is 0 Å². The van der Waals surface area contributed by atoms with Gasteiger partial charge in [0.25, 0.3) is 0 Å². The smallest absolute Gasteiger partial charge is 0.409 e. The van der Waals surface area contributed by atoms with E-state index in [1.807, 2.05) is 0 Å². The fourth-order valence-corrected chi connectivity index (χ4v) is 0.758. The van der Waals surface area contributed by atoms with Gasteiger partial charge in [0.05, 0.1) is 0 Å². The van der Waals surface area contributed by atoms with Crippen molar-refractivity contribution in [1.29, 1.82) is 0 Å². The molecule has 1 aromatic carbocycles. The Morgan fingerprint density at radius 1 is 1.42 bits per heavy atom. The van der Waals surface area contributed by atoms with Crippen LogP contribution in [0.4, 0.5) is 4.79 Å². The maximum absolute atomic E-state index is 10.4. The van der Waals surface area contributed by atoms with Gasteiger partial charge >= 0.3 is 6.09 Å². The lowest BCUT2D eigenvalue weighted by Gasteiger charge is -2.01. The minimum atomic E-state index is -0.933. The molecule has 0 unspecified atom stereocenters. The van der Waals surface area contributed by atoms with Gasteiger partial charge in [-0.25, -0.2) is 10.3 Å². The second-order valence-electron chi connectivity index (χ2n) is 1.96. The molecule has 4 nitrogen and oxygen atoms in total. The Morgan fingerprint density at radius 2 is 2.00 bits per heavy atom. The fraction of sp³-hybridized carbons (Fsp3) is 0. The van der Waals surface area contributed by atoms with Crippen molar-refractivity contribution in [2.45, 2.75) is 0 Å². The lowest BCUT2D eigenvalue weighted by molar-refractivity contribution is 0.127. The van der Waals surface area contributed by atoms with Crippen LogP contribution in [-0.2, 0) is 0 Å². The predicted octanol–water partition coefficient (Wildman–Crippen LogP) is 1.82. The topological polar surface area (TPSA) is 58.6 Å². The first-order chi connectivity index (χ1) is 5.72. The number of hydrogen-bond donors (Lipinski definition) is 2. The summed E-state index contributed by atoms with van der Waals surface area (Å²) in [5.41, 5.74) is 1.33. The average Bonchev–Trinajstić information content (AvgIpc) is 2.09. The molecule has 1 rings (SSSR count). The highest BCUT2D eigenvalue weighted by molar-refractivity contribution is 6.30. The van der Waals surface area contributed by atoms with Gasteiger partial charge < -0.3 is 4.74 Å². The van der Waals surface area contributed by atoms with Crippen molar-refractivity contribution in [3.8, 4) is 5.75 Å². The van der Waals surface area contributed by atoms with Gasteiger partial charge in [0, 0.05) is 5.02 Å². The standard InChI is InChI=1S/C7H6ClNO3/c8-5-1-3-6(4-2-5)12-7(10)9-11/h1-4,11H,(H,9,10). The maximum Gasteiger partial charge on any atom is 0.436 e. The van der Waals surface area contributed by atoms with Gasteiger partial charge in [0.2, 0.25) is 0 Å². The number of rotatable bonds is 1. The van der Waals surface area contributed by atoms with E-state index in [9.17, 15) is 4.79 Å². The van der Waals surface area contributed by atoms with Crippen molar-refractivity contribution in [1.82, 2.24) is 5.48 Å². The summed E-state index contributed by atoms with van der Waals surface area (Å²) < 4.78 is 4.56. The molecule has 0 radical (unpaired) electrons. The molecule has 0 spiro atoms. The Balaban J connectivity index is 2.64. The Labute approximate surface area is 73.7 Å². The molecule has 0 aliphatic heterocycles. The fourth-order valence-electron chi connectivity index (χ4n) is 0.632. The minimum Gasteiger partial charge on any atom is -0.409 e. The van der Waals surface area contributed by atoms with Crippen LogP contribution in [0, 0.1) is 0 Å². The summed E-state index contributed by atoms with van der Waals surface area (Å²) in [6.45, 7) is 0. The van der Waals surface area contributed by atoms with Gasteiger partial charge in [-0.2, -0.15) is 0 Å². The summed E-state index contributed by atoms with van der Waals surface area (Å²) >= 11 is 5.58. The first-order valence-corrected chi connectivity index (χ1v) is 3.47. The molecule has 0 heterocycles. The highest BCUT2D eigenvalue weighted by Crippen LogP contribution is 2.15. The summed E-state index contributed by atoms with van der Waals surface area (Å²) in [7, 11) is 0. The van der Waals surface area contributed by atoms with Gasteiger partial charge in [-0.1, -0.05) is 11.6 Å². The van der Waals surface area contributed by atoms with Crippen LogP contribution < -0.4 is 10.2 Å². The Bertz CT molecular complexity index is 272. The van der Waals surface area contributed by atoms with E-state index in [1.54, 1.807) is 12.1 Å². The molecule has 1 aromatic rings. The Hall–Kier alpha value is -1.26. The summed E-state index contributed by atoms with van der Waals surface area (Å²) in [5, 5.41) is 8.65. The first-order valence-electron chi connectivity index (χ1n) is 3.10. The second-order valence-corrected chi connectivity index (χ2v) is 2.39. The first kappa shape index (κ1) is 8.83. The van der Waals surface area contributed by atoms with Crippen LogP contribution in [0.25, 0.3) is 0 Å². The van der Waals surface area contributed by atoms with Gasteiger partial charge in [-0.3, -0.25) is 5.21 Å². The number of carbonyl (C=O) groups excluding carboxylic acids is 1. The van der Waals surface area contributed by atoms with Crippen LogP contribution >= 0.6 is 11.6 Å². The van der Waals surface area contributed by atoms with Crippen molar-refractivity contribution in [3.63, 3.8) is 0 Å². The zero-order valence-corrected chi connectivity index (χ0v) is 6.71. The highest BCUT2D eigenvalue weighted by atomic mass is 35.5. The van der Waals surface area contributed by atoms with E-state index in [2.05, 4.69) is 4.74 Å². The lowest BCUT2D eigenvalue weighted by atomic mass is 10.3. The number of hydroxylamine groups is 1. The van der Waals surface area contributed by atoms with Gasteiger partial charge in [-0.15, -0.1) is 0 Å². The van der Waals surface area contributed by atoms with Crippen molar-refractivity contribution in [3.05, 3.63) is 29.3 Å². The largest absolute Gasteiger partial charge is 0.436 e. The predicted molar refractivity (Wildman–Crippen MR) is 42.4 cm³/mol. The van der Waals surface area contributed by atoms with Crippen molar-refractivity contribution in [2.75, 3.05) is 0 Å². The van der Waals surface area contributed by atoms with Crippen molar-refractivity contribution < 1.29 is 14.7 Å². The number of nitrogens with one attached hydrogen (secondary N) is 1. The van der Waals surface area contributed by atoms with Crippen LogP contribution in [0.2, 0.25) is 5.02 Å². The molecule has 0 aliphatic carbocycles. The molecule has 0 atom stereocenters. The van der Waals surface area contributed by atoms with E-state index in [0.717, 1.165) is 0 Å². The number of hydrogen-bond acceptors (Lipinski definition) is 3. The third-order valence-corrected chi connectivity index (χ3v) is 1.37. The number of carbonyl (C=O) groups is 1. The van der Waals surface area contributed by atoms with E-state index in [-0.39, 0.29) is 0 Å². The zero-order valence-electron chi connectivity index (χ0n) is 5.95. The minimum absolute atomic E-state index is 0.311. The molecule has 0 bridgehead atoms. The zero-order chi connectivity index (χ0) is 8.97. The number of halogens is 1. The lowest BCUT2D eigenvalue weighted by Crippen LogP contribution is -2.22. The summed E-state index contributed by atoms with van der Waals surface area (Å²) in [6.07, 6.45) is -0.933. The SMILES string of the molecule is O=C(NO)Oc1ccc(Cl)cc1. The monoisotopic (exact) mass is 187 g/mol. The molecule has 12 heavy (non-hydrogen) atoms. The van der Waals surface area contributed by atoms with E-state index in [0.29, 0.717) is 10.8 Å². The number of amides is 1. The molecular weight excluding hydrogens is 182 g/mol. The Morgan fingerprint density at radius 3 is 2.50 bits per heavy atom. The molecule has 2 N–H and O–H groups in total. The average molecular weight is 188 g/mol. The molecule has 5 heteroatoms. The van der Waals surface area contributed by atoms with E-state index in [1.165, 1.54) is 17.6 Å². The van der Waals surface area contributed by atoms with Crippen LogP contribution in [0.15, 0.2) is 24.3 Å².